The lowest BCUT2D eigenvalue weighted by Crippen LogP contribution is -2.43. The van der Waals surface area contributed by atoms with Crippen LogP contribution in [0.3, 0.4) is 0 Å². The number of piperidine rings is 1. The van der Waals surface area contributed by atoms with Crippen molar-refractivity contribution in [2.75, 3.05) is 19.7 Å². The lowest BCUT2D eigenvalue weighted by atomic mass is 9.95. The maximum absolute atomic E-state index is 12.8. The molecule has 2 amide bonds. The molecule has 0 atom stereocenters. The molecule has 1 saturated heterocycles. The third-order valence-electron chi connectivity index (χ3n) is 6.47. The van der Waals surface area contributed by atoms with Crippen molar-refractivity contribution < 1.29 is 19.1 Å². The number of carbonyl (C=O) groups is 3. The summed E-state index contributed by atoms with van der Waals surface area (Å²) in [6.45, 7) is 9.66. The van der Waals surface area contributed by atoms with E-state index in [0.717, 1.165) is 22.4 Å². The molecule has 1 aliphatic rings. The third-order valence-corrected chi connectivity index (χ3v) is 6.47. The van der Waals surface area contributed by atoms with Crippen LogP contribution < -0.4 is 5.32 Å². The molecule has 2 heterocycles. The molecular formula is C26H35N3O4. The Labute approximate surface area is 195 Å². The van der Waals surface area contributed by atoms with Crippen molar-refractivity contribution in [1.82, 2.24) is 15.2 Å². The molecule has 1 fully saturated rings. The Bertz CT molecular complexity index is 986. The fraction of sp³-hybridized carbons (Fsp3) is 0.500. The molecule has 1 aromatic carbocycles. The average molecular weight is 454 g/mol. The first-order chi connectivity index (χ1) is 15.8. The Kier molecular flexibility index (Phi) is 8.31. The molecule has 7 heteroatoms. The highest BCUT2D eigenvalue weighted by atomic mass is 16.5. The van der Waals surface area contributed by atoms with Gasteiger partial charge in [0.1, 0.15) is 5.69 Å². The van der Waals surface area contributed by atoms with E-state index in [-0.39, 0.29) is 23.7 Å². The van der Waals surface area contributed by atoms with Gasteiger partial charge in [0, 0.05) is 37.7 Å². The van der Waals surface area contributed by atoms with Gasteiger partial charge in [0.05, 0.1) is 6.61 Å². The molecular weight excluding hydrogens is 418 g/mol. The minimum absolute atomic E-state index is 0.0548. The minimum atomic E-state index is -0.363. The zero-order valence-electron chi connectivity index (χ0n) is 20.1. The highest BCUT2D eigenvalue weighted by Gasteiger charge is 2.27. The average Bonchev–Trinajstić information content (AvgIpc) is 3.10. The molecule has 0 saturated carbocycles. The normalized spacial score (nSPS) is 14.2. The fourth-order valence-corrected chi connectivity index (χ4v) is 4.39. The van der Waals surface area contributed by atoms with E-state index in [1.807, 2.05) is 49.9 Å². The number of amides is 2. The summed E-state index contributed by atoms with van der Waals surface area (Å²) in [5.74, 6) is -0.266. The summed E-state index contributed by atoms with van der Waals surface area (Å²) in [6.07, 6.45) is 2.32. The number of esters is 1. The van der Waals surface area contributed by atoms with Gasteiger partial charge >= 0.3 is 5.97 Å². The van der Waals surface area contributed by atoms with Crippen molar-refractivity contribution in [3.63, 3.8) is 0 Å². The van der Waals surface area contributed by atoms with Crippen LogP contribution in [0.5, 0.6) is 0 Å². The van der Waals surface area contributed by atoms with E-state index >= 15 is 0 Å². The molecule has 0 spiro atoms. The monoisotopic (exact) mass is 453 g/mol. The molecule has 2 aromatic rings. The Morgan fingerprint density at radius 1 is 1.09 bits per heavy atom. The lowest BCUT2D eigenvalue weighted by Gasteiger charge is -2.31. The van der Waals surface area contributed by atoms with E-state index in [0.29, 0.717) is 57.6 Å². The van der Waals surface area contributed by atoms with Crippen LogP contribution >= 0.6 is 0 Å². The van der Waals surface area contributed by atoms with Gasteiger partial charge in [0.15, 0.2) is 0 Å². The molecule has 0 aliphatic carbocycles. The second kappa shape index (κ2) is 11.2. The van der Waals surface area contributed by atoms with Crippen molar-refractivity contribution >= 4 is 17.8 Å². The van der Waals surface area contributed by atoms with E-state index in [1.54, 1.807) is 6.92 Å². The summed E-state index contributed by atoms with van der Waals surface area (Å²) in [4.78, 5) is 42.4. The van der Waals surface area contributed by atoms with E-state index in [1.165, 1.54) is 5.56 Å². The Morgan fingerprint density at radius 2 is 1.76 bits per heavy atom. The van der Waals surface area contributed by atoms with Gasteiger partial charge in [-0.25, -0.2) is 4.79 Å². The van der Waals surface area contributed by atoms with E-state index in [2.05, 4.69) is 10.3 Å². The van der Waals surface area contributed by atoms with E-state index in [4.69, 9.17) is 4.74 Å². The number of hydrogen-bond acceptors (Lipinski definition) is 4. The first-order valence-electron chi connectivity index (χ1n) is 11.8. The number of hydrogen-bond donors (Lipinski definition) is 2. The zero-order chi connectivity index (χ0) is 24.0. The number of rotatable bonds is 8. The number of nitrogens with zero attached hydrogens (tertiary/aromatic N) is 1. The van der Waals surface area contributed by atoms with Gasteiger partial charge in [-0.1, -0.05) is 29.8 Å². The molecule has 0 radical (unpaired) electrons. The predicted octanol–water partition coefficient (Wildman–Crippen LogP) is 3.60. The number of aromatic nitrogens is 1. The largest absolute Gasteiger partial charge is 0.461 e. The van der Waals surface area contributed by atoms with Crippen molar-refractivity contribution in [2.24, 2.45) is 5.92 Å². The number of ether oxygens (including phenoxy) is 1. The van der Waals surface area contributed by atoms with Gasteiger partial charge in [-0.15, -0.1) is 0 Å². The standard InChI is InChI=1S/C26H35N3O4/c1-5-33-26(32)24-18(3)22(19(4)28-24)10-11-23(30)29-14-12-21(13-15-29)25(31)27-16-20-8-6-17(2)7-9-20/h6-9,21,28H,5,10-16H2,1-4H3,(H,27,31). The Hall–Kier alpha value is -3.09. The van der Waals surface area contributed by atoms with Gasteiger partial charge < -0.3 is 19.9 Å². The highest BCUT2D eigenvalue weighted by Crippen LogP contribution is 2.22. The second-order valence-corrected chi connectivity index (χ2v) is 8.81. The predicted molar refractivity (Wildman–Crippen MR) is 127 cm³/mol. The van der Waals surface area contributed by atoms with Crippen LogP contribution in [0.1, 0.15) is 64.6 Å². The Balaban J connectivity index is 1.45. The van der Waals surface area contributed by atoms with Gasteiger partial charge in [-0.3, -0.25) is 9.59 Å². The first-order valence-corrected chi connectivity index (χ1v) is 11.8. The van der Waals surface area contributed by atoms with E-state index < -0.39 is 0 Å². The molecule has 178 valence electrons. The molecule has 33 heavy (non-hydrogen) atoms. The fourth-order valence-electron chi connectivity index (χ4n) is 4.39. The summed E-state index contributed by atoms with van der Waals surface area (Å²) in [6, 6.07) is 8.14. The number of nitrogens with one attached hydrogen (secondary N) is 2. The maximum Gasteiger partial charge on any atom is 0.355 e. The number of carbonyl (C=O) groups excluding carboxylic acids is 3. The SMILES string of the molecule is CCOC(=O)c1[nH]c(C)c(CCC(=O)N2CCC(C(=O)NCc3ccc(C)cc3)CC2)c1C. The maximum atomic E-state index is 12.8. The summed E-state index contributed by atoms with van der Waals surface area (Å²) in [5, 5.41) is 3.03. The first kappa shape index (κ1) is 24.6. The Morgan fingerprint density at radius 3 is 2.39 bits per heavy atom. The summed E-state index contributed by atoms with van der Waals surface area (Å²) < 4.78 is 5.10. The third kappa shape index (κ3) is 6.24. The summed E-state index contributed by atoms with van der Waals surface area (Å²) >= 11 is 0. The second-order valence-electron chi connectivity index (χ2n) is 8.81. The number of aryl methyl sites for hydroxylation is 2. The smallest absolute Gasteiger partial charge is 0.355 e. The molecule has 0 unspecified atom stereocenters. The van der Waals surface area contributed by atoms with Crippen LogP contribution in [0.2, 0.25) is 0 Å². The topological polar surface area (TPSA) is 91.5 Å². The quantitative estimate of drug-likeness (QED) is 0.598. The van der Waals surface area contributed by atoms with Crippen LogP contribution in [-0.2, 0) is 27.3 Å². The number of benzene rings is 1. The minimum Gasteiger partial charge on any atom is -0.461 e. The van der Waals surface area contributed by atoms with Crippen LogP contribution in [0.4, 0.5) is 0 Å². The molecule has 7 nitrogen and oxygen atoms in total. The van der Waals surface area contributed by atoms with Crippen molar-refractivity contribution in [3.8, 4) is 0 Å². The molecule has 3 rings (SSSR count). The van der Waals surface area contributed by atoms with Gasteiger partial charge in [-0.05, 0) is 63.6 Å². The lowest BCUT2D eigenvalue weighted by molar-refractivity contribution is -0.135. The molecule has 1 aliphatic heterocycles. The van der Waals surface area contributed by atoms with E-state index in [9.17, 15) is 14.4 Å². The number of aromatic amines is 1. The van der Waals surface area contributed by atoms with Crippen molar-refractivity contribution in [3.05, 3.63) is 57.9 Å². The zero-order valence-corrected chi connectivity index (χ0v) is 20.1. The van der Waals surface area contributed by atoms with Crippen molar-refractivity contribution in [1.29, 1.82) is 0 Å². The molecule has 1 aromatic heterocycles. The number of H-pyrrole nitrogens is 1. The molecule has 2 N–H and O–H groups in total. The van der Waals surface area contributed by atoms with Crippen LogP contribution in [-0.4, -0.2) is 47.4 Å². The van der Waals surface area contributed by atoms with Crippen LogP contribution in [0, 0.1) is 26.7 Å². The van der Waals surface area contributed by atoms with Gasteiger partial charge in [0.2, 0.25) is 11.8 Å². The van der Waals surface area contributed by atoms with Gasteiger partial charge in [0.25, 0.3) is 0 Å². The summed E-state index contributed by atoms with van der Waals surface area (Å²) in [7, 11) is 0. The highest BCUT2D eigenvalue weighted by molar-refractivity contribution is 5.90. The molecule has 0 bridgehead atoms. The summed E-state index contributed by atoms with van der Waals surface area (Å²) in [5.41, 5.74) is 5.49. The number of likely N-dealkylation sites (tertiary alicyclic amines) is 1. The van der Waals surface area contributed by atoms with Crippen LogP contribution in [0.25, 0.3) is 0 Å². The van der Waals surface area contributed by atoms with Crippen molar-refractivity contribution in [2.45, 2.75) is 59.9 Å². The van der Waals surface area contributed by atoms with Crippen LogP contribution in [0.15, 0.2) is 24.3 Å². The van der Waals surface area contributed by atoms with Gasteiger partial charge in [-0.2, -0.15) is 0 Å².